The number of hydrogen-bond donors (Lipinski definition) is 2. The van der Waals surface area contributed by atoms with Crippen LogP contribution in [0.3, 0.4) is 0 Å². The first-order valence-electron chi connectivity index (χ1n) is 6.45. The van der Waals surface area contributed by atoms with Crippen LogP contribution in [0.2, 0.25) is 0 Å². The molecule has 4 heteroatoms. The average molecular weight is 265 g/mol. The van der Waals surface area contributed by atoms with E-state index in [0.29, 0.717) is 6.04 Å². The van der Waals surface area contributed by atoms with E-state index in [0.717, 1.165) is 12.3 Å². The van der Waals surface area contributed by atoms with Gasteiger partial charge in [-0.3, -0.25) is 16.2 Å². The second-order valence-corrected chi connectivity index (χ2v) is 6.21. The number of aryl methyl sites for hydroxylation is 1. The standard InChI is InChI=1S/C14H23N3S/c1-10-5-4-6-12(11(10)2)14(16-15)13-9-18-8-7-17(13)3/h4-6,13-14,16H,7-9,15H2,1-3H3. The third kappa shape index (κ3) is 2.72. The SMILES string of the molecule is Cc1cccc(C(NN)C2CSCCN2C)c1C. The van der Waals surface area contributed by atoms with Gasteiger partial charge in [0.05, 0.1) is 6.04 Å². The van der Waals surface area contributed by atoms with Gasteiger partial charge in [-0.2, -0.15) is 11.8 Å². The molecule has 3 N–H and O–H groups in total. The Labute approximate surface area is 114 Å². The molecule has 1 heterocycles. The molecule has 0 bridgehead atoms. The van der Waals surface area contributed by atoms with Crippen LogP contribution in [0, 0.1) is 13.8 Å². The van der Waals surface area contributed by atoms with E-state index >= 15 is 0 Å². The van der Waals surface area contributed by atoms with Gasteiger partial charge in [-0.05, 0) is 37.6 Å². The van der Waals surface area contributed by atoms with Gasteiger partial charge in [0.1, 0.15) is 0 Å². The largest absolute Gasteiger partial charge is 0.300 e. The lowest BCUT2D eigenvalue weighted by molar-refractivity contribution is 0.216. The molecule has 1 fully saturated rings. The third-order valence-corrected chi connectivity index (χ3v) is 5.04. The number of thioether (sulfide) groups is 1. The van der Waals surface area contributed by atoms with Gasteiger partial charge in [0.15, 0.2) is 0 Å². The molecule has 0 spiro atoms. The molecule has 0 saturated carbocycles. The van der Waals surface area contributed by atoms with Crippen molar-refractivity contribution in [3.05, 3.63) is 34.9 Å². The van der Waals surface area contributed by atoms with Crippen molar-refractivity contribution in [2.75, 3.05) is 25.1 Å². The maximum atomic E-state index is 5.83. The first-order valence-corrected chi connectivity index (χ1v) is 7.61. The molecule has 3 nitrogen and oxygen atoms in total. The van der Waals surface area contributed by atoms with Crippen LogP contribution in [0.4, 0.5) is 0 Å². The maximum absolute atomic E-state index is 5.83. The third-order valence-electron chi connectivity index (χ3n) is 3.99. The molecule has 0 aromatic heterocycles. The first kappa shape index (κ1) is 13.9. The molecule has 2 unspecified atom stereocenters. The fourth-order valence-corrected chi connectivity index (χ4v) is 3.85. The molecule has 18 heavy (non-hydrogen) atoms. The molecule has 1 aromatic carbocycles. The molecule has 1 aliphatic heterocycles. The molecule has 1 saturated heterocycles. The van der Waals surface area contributed by atoms with E-state index in [9.17, 15) is 0 Å². The van der Waals surface area contributed by atoms with E-state index < -0.39 is 0 Å². The highest BCUT2D eigenvalue weighted by Gasteiger charge is 2.29. The monoisotopic (exact) mass is 265 g/mol. The Morgan fingerprint density at radius 3 is 2.89 bits per heavy atom. The topological polar surface area (TPSA) is 41.3 Å². The summed E-state index contributed by atoms with van der Waals surface area (Å²) in [5.74, 6) is 8.19. The number of benzene rings is 1. The lowest BCUT2D eigenvalue weighted by atomic mass is 9.93. The number of hydrazine groups is 1. The van der Waals surface area contributed by atoms with Crippen molar-refractivity contribution in [2.45, 2.75) is 25.9 Å². The average Bonchev–Trinajstić information content (AvgIpc) is 2.37. The van der Waals surface area contributed by atoms with Gasteiger partial charge in [0.25, 0.3) is 0 Å². The molecular formula is C14H23N3S. The Balaban J connectivity index is 2.29. The smallest absolute Gasteiger partial charge is 0.0625 e. The summed E-state index contributed by atoms with van der Waals surface area (Å²) in [6.07, 6.45) is 0. The number of nitrogens with one attached hydrogen (secondary N) is 1. The van der Waals surface area contributed by atoms with Crippen LogP contribution in [0.1, 0.15) is 22.7 Å². The predicted molar refractivity (Wildman–Crippen MR) is 79.7 cm³/mol. The molecule has 1 aromatic rings. The van der Waals surface area contributed by atoms with Crippen LogP contribution in [0.15, 0.2) is 18.2 Å². The van der Waals surface area contributed by atoms with Crippen LogP contribution >= 0.6 is 11.8 Å². The maximum Gasteiger partial charge on any atom is 0.0625 e. The Morgan fingerprint density at radius 2 is 2.22 bits per heavy atom. The molecule has 2 atom stereocenters. The van der Waals surface area contributed by atoms with Crippen LogP contribution in [0.5, 0.6) is 0 Å². The molecule has 2 rings (SSSR count). The van der Waals surface area contributed by atoms with E-state index in [4.69, 9.17) is 5.84 Å². The summed E-state index contributed by atoms with van der Waals surface area (Å²) in [5.41, 5.74) is 7.05. The minimum atomic E-state index is 0.211. The molecule has 100 valence electrons. The number of likely N-dealkylation sites (N-methyl/N-ethyl adjacent to an activating group) is 1. The van der Waals surface area contributed by atoms with Crippen molar-refractivity contribution >= 4 is 11.8 Å². The lowest BCUT2D eigenvalue weighted by Gasteiger charge is -2.38. The van der Waals surface area contributed by atoms with Crippen molar-refractivity contribution < 1.29 is 0 Å². The second kappa shape index (κ2) is 6.06. The highest BCUT2D eigenvalue weighted by Crippen LogP contribution is 2.29. The van der Waals surface area contributed by atoms with E-state index in [-0.39, 0.29) is 6.04 Å². The number of nitrogens with two attached hydrogens (primary N) is 1. The quantitative estimate of drug-likeness (QED) is 0.646. The zero-order valence-corrected chi connectivity index (χ0v) is 12.3. The highest BCUT2D eigenvalue weighted by atomic mass is 32.2. The van der Waals surface area contributed by atoms with Crippen LogP contribution in [-0.4, -0.2) is 36.0 Å². The van der Waals surface area contributed by atoms with E-state index in [1.165, 1.54) is 22.4 Å². The van der Waals surface area contributed by atoms with Crippen molar-refractivity contribution in [3.63, 3.8) is 0 Å². The molecule has 0 radical (unpaired) electrons. The molecular weight excluding hydrogens is 242 g/mol. The van der Waals surface area contributed by atoms with E-state index in [2.05, 4.69) is 49.4 Å². The van der Waals surface area contributed by atoms with Gasteiger partial charge in [0.2, 0.25) is 0 Å². The second-order valence-electron chi connectivity index (χ2n) is 5.06. The summed E-state index contributed by atoms with van der Waals surface area (Å²) in [6.45, 7) is 5.48. The number of nitrogens with zero attached hydrogens (tertiary/aromatic N) is 1. The summed E-state index contributed by atoms with van der Waals surface area (Å²) in [6, 6.07) is 7.15. The normalized spacial score (nSPS) is 23.0. The number of hydrogen-bond acceptors (Lipinski definition) is 4. The van der Waals surface area contributed by atoms with Gasteiger partial charge >= 0.3 is 0 Å². The Morgan fingerprint density at radius 1 is 1.44 bits per heavy atom. The van der Waals surface area contributed by atoms with Gasteiger partial charge < -0.3 is 0 Å². The Bertz CT molecular complexity index is 408. The van der Waals surface area contributed by atoms with E-state index in [1.807, 2.05) is 11.8 Å². The lowest BCUT2D eigenvalue weighted by Crippen LogP contribution is -2.49. The first-order chi connectivity index (χ1) is 8.65. The highest BCUT2D eigenvalue weighted by molar-refractivity contribution is 7.99. The molecule has 0 aliphatic carbocycles. The van der Waals surface area contributed by atoms with Gasteiger partial charge in [-0.1, -0.05) is 18.2 Å². The minimum absolute atomic E-state index is 0.211. The van der Waals surface area contributed by atoms with Crippen molar-refractivity contribution in [3.8, 4) is 0 Å². The summed E-state index contributed by atoms with van der Waals surface area (Å²) in [7, 11) is 2.19. The van der Waals surface area contributed by atoms with Crippen molar-refractivity contribution in [1.29, 1.82) is 0 Å². The minimum Gasteiger partial charge on any atom is -0.300 e. The van der Waals surface area contributed by atoms with Crippen molar-refractivity contribution in [1.82, 2.24) is 10.3 Å². The van der Waals surface area contributed by atoms with Crippen molar-refractivity contribution in [2.24, 2.45) is 5.84 Å². The van der Waals surface area contributed by atoms with Gasteiger partial charge in [-0.25, -0.2) is 0 Å². The Hall–Kier alpha value is -0.550. The summed E-state index contributed by atoms with van der Waals surface area (Å²) < 4.78 is 0. The fraction of sp³-hybridized carbons (Fsp3) is 0.571. The predicted octanol–water partition coefficient (Wildman–Crippen LogP) is 1.86. The Kier molecular flexibility index (Phi) is 4.67. The summed E-state index contributed by atoms with van der Waals surface area (Å²) in [4.78, 5) is 2.42. The van der Waals surface area contributed by atoms with E-state index in [1.54, 1.807) is 0 Å². The number of rotatable bonds is 3. The van der Waals surface area contributed by atoms with Crippen LogP contribution in [-0.2, 0) is 0 Å². The van der Waals surface area contributed by atoms with Gasteiger partial charge in [-0.15, -0.1) is 0 Å². The zero-order chi connectivity index (χ0) is 13.1. The fourth-order valence-electron chi connectivity index (χ4n) is 2.58. The summed E-state index contributed by atoms with van der Waals surface area (Å²) in [5, 5.41) is 0. The zero-order valence-electron chi connectivity index (χ0n) is 11.4. The summed E-state index contributed by atoms with van der Waals surface area (Å²) >= 11 is 2.02. The van der Waals surface area contributed by atoms with Crippen LogP contribution in [0.25, 0.3) is 0 Å². The van der Waals surface area contributed by atoms with Gasteiger partial charge in [0, 0.05) is 24.1 Å². The van der Waals surface area contributed by atoms with Crippen LogP contribution < -0.4 is 11.3 Å². The molecule has 1 aliphatic rings. The molecule has 0 amide bonds.